The Morgan fingerprint density at radius 1 is 0.611 bits per heavy atom. The first kappa shape index (κ1) is 31.3. The lowest BCUT2D eigenvalue weighted by atomic mass is 10.2. The number of nitrogens with zero attached hydrogens (tertiary/aromatic N) is 1. The van der Waals surface area contributed by atoms with Gasteiger partial charge in [-0.2, -0.15) is 0 Å². The number of hydrogen-bond donors (Lipinski definition) is 4. The first-order valence-corrected chi connectivity index (χ1v) is 12.3. The van der Waals surface area contributed by atoms with Gasteiger partial charge in [0.1, 0.15) is 11.5 Å². The first-order valence-electron chi connectivity index (χ1n) is 10.5. The quantitative estimate of drug-likeness (QED) is 0.116. The zero-order valence-electron chi connectivity index (χ0n) is 20.1. The molecule has 0 saturated carbocycles. The average molecular weight is 560 g/mol. The Hall–Kier alpha value is -2.72. The van der Waals surface area contributed by atoms with Crippen molar-refractivity contribution in [2.45, 2.75) is 26.5 Å². The second-order valence-corrected chi connectivity index (χ2v) is 9.07. The van der Waals surface area contributed by atoms with E-state index < -0.39 is 4.92 Å². The molecule has 0 heterocycles. The smallest absolute Gasteiger partial charge is 0.269 e. The van der Waals surface area contributed by atoms with Crippen LogP contribution in [0.2, 0.25) is 0 Å². The van der Waals surface area contributed by atoms with E-state index in [0.29, 0.717) is 0 Å². The maximum absolute atomic E-state index is 10.1. The number of nitro benzene ring substituents is 1. The fourth-order valence-electron chi connectivity index (χ4n) is 2.31. The van der Waals surface area contributed by atoms with Crippen LogP contribution < -0.4 is 9.47 Å². The lowest BCUT2D eigenvalue weighted by Gasteiger charge is -1.97. The number of methoxy groups -OCH3 is 2. The maximum Gasteiger partial charge on any atom is 0.269 e. The molecule has 0 fully saturated rings. The number of thiol groups is 4. The average Bonchev–Trinajstić information content (AvgIpc) is 2.88. The molecule has 190 valence electrons. The van der Waals surface area contributed by atoms with E-state index in [9.17, 15) is 10.1 Å². The van der Waals surface area contributed by atoms with Crippen LogP contribution in [0.4, 0.5) is 5.69 Å². The molecule has 0 unspecified atom stereocenters. The zero-order valence-corrected chi connectivity index (χ0v) is 23.7. The molecule has 0 spiro atoms. The minimum Gasteiger partial charge on any atom is -0.497 e. The zero-order chi connectivity index (χ0) is 26.9. The molecule has 0 atom stereocenters. The van der Waals surface area contributed by atoms with Crippen molar-refractivity contribution < 1.29 is 14.4 Å². The molecule has 0 amide bonds. The molecular weight excluding hydrogens is 531 g/mol. The predicted octanol–water partition coefficient (Wildman–Crippen LogP) is 8.14. The molecule has 4 aromatic carbocycles. The summed E-state index contributed by atoms with van der Waals surface area (Å²) in [5.41, 5.74) is 1.38. The lowest BCUT2D eigenvalue weighted by Crippen LogP contribution is -1.85. The number of rotatable bonds is 3. The van der Waals surface area contributed by atoms with Crippen molar-refractivity contribution in [3.63, 3.8) is 0 Å². The summed E-state index contributed by atoms with van der Waals surface area (Å²) in [5, 5.41) is 10.1. The Morgan fingerprint density at radius 3 is 1.42 bits per heavy atom. The molecule has 0 aliphatic carbocycles. The molecule has 0 aliphatic heterocycles. The Bertz CT molecular complexity index is 1150. The molecule has 0 bridgehead atoms. The summed E-state index contributed by atoms with van der Waals surface area (Å²) < 4.78 is 9.88. The molecule has 9 heteroatoms. The Morgan fingerprint density at radius 2 is 1.06 bits per heavy atom. The summed E-state index contributed by atoms with van der Waals surface area (Å²) in [7, 11) is 3.29. The summed E-state index contributed by atoms with van der Waals surface area (Å²) in [6.45, 7) is 2.06. The van der Waals surface area contributed by atoms with E-state index in [1.807, 2.05) is 72.8 Å². The number of benzene rings is 4. The summed E-state index contributed by atoms with van der Waals surface area (Å²) in [4.78, 5) is 13.3. The molecule has 36 heavy (non-hydrogen) atoms. The Kier molecular flexibility index (Phi) is 15.4. The highest BCUT2D eigenvalue weighted by Gasteiger charge is 2.01. The van der Waals surface area contributed by atoms with Crippen LogP contribution >= 0.6 is 50.5 Å². The molecule has 4 rings (SSSR count). The van der Waals surface area contributed by atoms with Crippen LogP contribution in [0, 0.1) is 17.0 Å². The van der Waals surface area contributed by atoms with Gasteiger partial charge in [-0.25, -0.2) is 0 Å². The standard InChI is InChI=1S/2C7H8OS.C7H8S.C6H5NO2S/c1-8-6-2-4-7(9)5-3-6;1-8-6-3-2-4-7(9)5-6;1-6-2-4-7(8)5-3-6;8-7(9)5-1-3-6(10)4-2-5/h2*2-5,9H,1H3;2-5,8H,1H3;1-4,10H. The molecule has 0 aromatic heterocycles. The number of ether oxygens (including phenoxy) is 2. The highest BCUT2D eigenvalue weighted by Crippen LogP contribution is 2.15. The van der Waals surface area contributed by atoms with Crippen molar-refractivity contribution in [2.24, 2.45) is 0 Å². The van der Waals surface area contributed by atoms with E-state index in [-0.39, 0.29) is 5.69 Å². The van der Waals surface area contributed by atoms with Gasteiger partial charge in [-0.3, -0.25) is 10.1 Å². The highest BCUT2D eigenvalue weighted by molar-refractivity contribution is 7.80. The summed E-state index contributed by atoms with van der Waals surface area (Å²) in [6, 6.07) is 29.2. The molecule has 4 aromatic rings. The van der Waals surface area contributed by atoms with Gasteiger partial charge < -0.3 is 9.47 Å². The summed E-state index contributed by atoms with van der Waals surface area (Å²) in [6.07, 6.45) is 0. The predicted molar refractivity (Wildman–Crippen MR) is 159 cm³/mol. The summed E-state index contributed by atoms with van der Waals surface area (Å²) >= 11 is 16.4. The fraction of sp³-hybridized carbons (Fsp3) is 0.111. The van der Waals surface area contributed by atoms with Crippen molar-refractivity contribution in [2.75, 3.05) is 14.2 Å². The lowest BCUT2D eigenvalue weighted by molar-refractivity contribution is -0.384. The van der Waals surface area contributed by atoms with Crippen molar-refractivity contribution in [1.29, 1.82) is 0 Å². The van der Waals surface area contributed by atoms with Crippen molar-refractivity contribution in [3.05, 3.63) is 113 Å². The molecule has 0 radical (unpaired) electrons. The topological polar surface area (TPSA) is 61.6 Å². The first-order chi connectivity index (χ1) is 17.1. The van der Waals surface area contributed by atoms with E-state index in [2.05, 4.69) is 57.4 Å². The van der Waals surface area contributed by atoms with E-state index in [4.69, 9.17) is 9.47 Å². The molecule has 0 aliphatic rings. The van der Waals surface area contributed by atoms with Gasteiger partial charge in [0.15, 0.2) is 0 Å². The second kappa shape index (κ2) is 17.7. The van der Waals surface area contributed by atoms with E-state index >= 15 is 0 Å². The largest absolute Gasteiger partial charge is 0.497 e. The Labute approximate surface area is 234 Å². The number of nitro groups is 1. The van der Waals surface area contributed by atoms with E-state index in [1.165, 1.54) is 17.7 Å². The van der Waals surface area contributed by atoms with Crippen LogP contribution in [-0.2, 0) is 0 Å². The van der Waals surface area contributed by atoms with Crippen LogP contribution in [0.25, 0.3) is 0 Å². The number of hydrogen-bond acceptors (Lipinski definition) is 8. The summed E-state index contributed by atoms with van der Waals surface area (Å²) in [5.74, 6) is 1.72. The van der Waals surface area contributed by atoms with E-state index in [1.54, 1.807) is 26.4 Å². The van der Waals surface area contributed by atoms with Crippen LogP contribution in [-0.4, -0.2) is 19.1 Å². The fourth-order valence-corrected chi connectivity index (χ4v) is 2.97. The molecule has 0 saturated heterocycles. The van der Waals surface area contributed by atoms with Gasteiger partial charge in [0.25, 0.3) is 5.69 Å². The van der Waals surface area contributed by atoms with Crippen LogP contribution in [0.3, 0.4) is 0 Å². The van der Waals surface area contributed by atoms with Gasteiger partial charge >= 0.3 is 0 Å². The van der Waals surface area contributed by atoms with Crippen molar-refractivity contribution >= 4 is 56.2 Å². The van der Waals surface area contributed by atoms with Gasteiger partial charge in [-0.15, -0.1) is 50.5 Å². The highest BCUT2D eigenvalue weighted by atomic mass is 32.1. The van der Waals surface area contributed by atoms with Gasteiger partial charge in [-0.05, 0) is 73.7 Å². The molecule has 5 nitrogen and oxygen atoms in total. The SMILES string of the molecule is COc1ccc(S)cc1.COc1cccc(S)c1.Cc1ccc(S)cc1.O=[N+]([O-])c1ccc(S)cc1. The van der Waals surface area contributed by atoms with Gasteiger partial charge in [0.2, 0.25) is 0 Å². The second-order valence-electron chi connectivity index (χ2n) is 7.01. The number of non-ortho nitro benzene ring substituents is 1. The van der Waals surface area contributed by atoms with E-state index in [0.717, 1.165) is 31.1 Å². The Balaban J connectivity index is 0.000000241. The van der Waals surface area contributed by atoms with Gasteiger partial charge in [0.05, 0.1) is 19.1 Å². The minimum atomic E-state index is -0.437. The maximum atomic E-state index is 10.1. The van der Waals surface area contributed by atoms with Crippen molar-refractivity contribution in [3.8, 4) is 11.5 Å². The van der Waals surface area contributed by atoms with Crippen LogP contribution in [0.5, 0.6) is 11.5 Å². The van der Waals surface area contributed by atoms with Crippen molar-refractivity contribution in [1.82, 2.24) is 0 Å². The molecular formula is C27H29NO4S4. The minimum absolute atomic E-state index is 0.0952. The van der Waals surface area contributed by atoms with Gasteiger partial charge in [0, 0.05) is 31.7 Å². The third kappa shape index (κ3) is 14.0. The number of aryl methyl sites for hydroxylation is 1. The molecule has 0 N–H and O–H groups in total. The third-order valence-electron chi connectivity index (χ3n) is 4.22. The normalized spacial score (nSPS) is 9.19. The monoisotopic (exact) mass is 559 g/mol. The van der Waals surface area contributed by atoms with Gasteiger partial charge in [-0.1, -0.05) is 23.8 Å². The van der Waals surface area contributed by atoms with Crippen LogP contribution in [0.15, 0.2) is 117 Å². The van der Waals surface area contributed by atoms with Crippen LogP contribution in [0.1, 0.15) is 5.56 Å². The third-order valence-corrected chi connectivity index (χ3v) is 5.39.